The molecule has 0 aliphatic rings. The molecule has 0 rings (SSSR count). The second-order valence-electron chi connectivity index (χ2n) is 1.02. The topological polar surface area (TPSA) is 69.4 Å². The van der Waals surface area contributed by atoms with Gasteiger partial charge in [-0.05, 0) is 0 Å². The number of rotatable bonds is 1. The van der Waals surface area contributed by atoms with E-state index in [4.69, 9.17) is 0 Å². The molecule has 2 N–H and O–H groups in total. The van der Waals surface area contributed by atoms with E-state index in [1.807, 2.05) is 0 Å². The van der Waals surface area contributed by atoms with E-state index in [1.54, 1.807) is 0 Å². The van der Waals surface area contributed by atoms with Gasteiger partial charge in [0.1, 0.15) is 0 Å². The summed E-state index contributed by atoms with van der Waals surface area (Å²) in [4.78, 5) is 0. The van der Waals surface area contributed by atoms with Crippen molar-refractivity contribution < 1.29 is 25.8 Å². The molecule has 0 fully saturated rings. The van der Waals surface area contributed by atoms with E-state index >= 15 is 0 Å². The van der Waals surface area contributed by atoms with Crippen LogP contribution in [0.15, 0.2) is 0 Å². The molecule has 0 bridgehead atoms. The molecule has 0 atom stereocenters. The third-order valence-electron chi connectivity index (χ3n) is 0.211. The first-order chi connectivity index (χ1) is 3.71. The van der Waals surface area contributed by atoms with Gasteiger partial charge in [0.2, 0.25) is 0 Å². The molecule has 0 saturated heterocycles. The summed E-state index contributed by atoms with van der Waals surface area (Å²) in [5.41, 5.74) is 0. The molecule has 0 aromatic carbocycles. The average Bonchev–Trinajstić information content (AvgIpc) is 1.14. The van der Waals surface area contributed by atoms with Crippen LogP contribution in [0.3, 0.4) is 0 Å². The minimum absolute atomic E-state index is 0. The summed E-state index contributed by atoms with van der Waals surface area (Å²) >= 11 is 0. The Morgan fingerprint density at radius 2 is 1.60 bits per heavy atom. The molecule has 9 heteroatoms. The van der Waals surface area contributed by atoms with Gasteiger partial charge in [-0.1, -0.05) is 0 Å². The fourth-order valence-electron chi connectivity index (χ4n) is 0.132. The van der Waals surface area contributed by atoms with E-state index in [9.17, 15) is 21.6 Å². The van der Waals surface area contributed by atoms with Gasteiger partial charge < -0.3 is 0 Å². The van der Waals surface area contributed by atoms with Crippen LogP contribution in [0.2, 0.25) is 0 Å². The van der Waals surface area contributed by atoms with Crippen LogP contribution in [0.4, 0.5) is 13.2 Å². The Morgan fingerprint density at radius 1 is 1.30 bits per heavy atom. The van der Waals surface area contributed by atoms with Crippen LogP contribution in [0.5, 0.6) is 0 Å². The molecule has 62 valence electrons. The molecular weight excluding hydrogens is 278 g/mol. The van der Waals surface area contributed by atoms with Crippen molar-refractivity contribution in [3.05, 3.63) is 0 Å². The summed E-state index contributed by atoms with van der Waals surface area (Å²) in [6.45, 7) is 0. The van der Waals surface area contributed by atoms with Crippen LogP contribution in [-0.2, 0) is 14.5 Å². The van der Waals surface area contributed by atoms with Crippen LogP contribution >= 0.6 is 0 Å². The Bertz CT molecular complexity index is 184. The van der Waals surface area contributed by atoms with Crippen LogP contribution in [0, 0.1) is 0 Å². The summed E-state index contributed by atoms with van der Waals surface area (Å²) in [5.74, 6) is 0. The molecule has 0 aliphatic heterocycles. The first-order valence-corrected chi connectivity index (χ1v) is 2.98. The Labute approximate surface area is 73.6 Å². The quantitative estimate of drug-likeness (QED) is 0.639. The standard InChI is InChI=1S/CH2F3NO3S.In.3H/c2-1(3,4)8-9(5,6)7;;;;/h(H2,5,6,7);;;;. The molecule has 0 unspecified atom stereocenters. The number of halogens is 3. The Hall–Kier alpha value is 0.530. The van der Waals surface area contributed by atoms with E-state index < -0.39 is 16.7 Å². The Morgan fingerprint density at radius 3 is 1.60 bits per heavy atom. The molecule has 4 nitrogen and oxygen atoms in total. The predicted octanol–water partition coefficient (Wildman–Crippen LogP) is -1.46. The molecule has 0 radical (unpaired) electrons. The van der Waals surface area contributed by atoms with Gasteiger partial charge in [0.05, 0.1) is 0 Å². The van der Waals surface area contributed by atoms with Gasteiger partial charge in [0.15, 0.2) is 0 Å². The van der Waals surface area contributed by atoms with E-state index in [0.717, 1.165) is 0 Å². The normalized spacial score (nSPS) is 12.4. The van der Waals surface area contributed by atoms with Crippen LogP contribution in [-0.4, -0.2) is 40.6 Å². The van der Waals surface area contributed by atoms with Gasteiger partial charge in [-0.15, -0.1) is 13.2 Å². The maximum absolute atomic E-state index is 10.9. The average molecular weight is 283 g/mol. The maximum atomic E-state index is 10.9. The summed E-state index contributed by atoms with van der Waals surface area (Å²) in [6.07, 6.45) is -5.23. The third kappa shape index (κ3) is 11.3. The monoisotopic (exact) mass is 283 g/mol. The molecule has 0 aromatic rings. The van der Waals surface area contributed by atoms with E-state index in [0.29, 0.717) is 0 Å². The molecule has 0 spiro atoms. The minimum atomic E-state index is -5.23. The number of hydrogen-bond acceptors (Lipinski definition) is 3. The number of hydrogen-bond donors (Lipinski definition) is 1. The van der Waals surface area contributed by atoms with Crippen LogP contribution < -0.4 is 5.14 Å². The van der Waals surface area contributed by atoms with Crippen LogP contribution in [0.1, 0.15) is 0 Å². The van der Waals surface area contributed by atoms with Gasteiger partial charge >= 0.3 is 42.5 Å². The molecule has 10 heavy (non-hydrogen) atoms. The van der Waals surface area contributed by atoms with Crippen molar-refractivity contribution in [1.82, 2.24) is 0 Å². The van der Waals surface area contributed by atoms with Gasteiger partial charge in [-0.2, -0.15) is 12.6 Å². The van der Waals surface area contributed by atoms with Crippen molar-refractivity contribution in [3.8, 4) is 0 Å². The zero-order valence-electron chi connectivity index (χ0n) is 3.84. The zero-order chi connectivity index (χ0) is 7.71. The second kappa shape index (κ2) is 3.79. The van der Waals surface area contributed by atoms with Gasteiger partial charge in [-0.25, -0.2) is 5.14 Å². The Kier molecular flexibility index (Phi) is 4.98. The predicted molar refractivity (Wildman–Crippen MR) is 30.2 cm³/mol. The summed E-state index contributed by atoms with van der Waals surface area (Å²) in [5, 5.41) is 3.85. The molecular formula is CH5F3InNO3S. The second-order valence-corrected chi connectivity index (χ2v) is 2.17. The first kappa shape index (κ1) is 13.1. The van der Waals surface area contributed by atoms with Crippen LogP contribution in [0.25, 0.3) is 0 Å². The van der Waals surface area contributed by atoms with E-state index in [1.165, 1.54) is 0 Å². The van der Waals surface area contributed by atoms with Crippen molar-refractivity contribution in [2.45, 2.75) is 6.36 Å². The summed E-state index contributed by atoms with van der Waals surface area (Å²) in [7, 11) is -4.91. The van der Waals surface area contributed by atoms with Crippen molar-refractivity contribution in [2.24, 2.45) is 5.14 Å². The molecule has 0 aliphatic carbocycles. The molecule has 0 saturated carbocycles. The number of alkyl halides is 3. The van der Waals surface area contributed by atoms with Crippen molar-refractivity contribution in [3.63, 3.8) is 0 Å². The van der Waals surface area contributed by atoms with Crippen molar-refractivity contribution in [1.29, 1.82) is 0 Å². The van der Waals surface area contributed by atoms with Gasteiger partial charge in [-0.3, -0.25) is 0 Å². The fraction of sp³-hybridized carbons (Fsp3) is 1.00. The van der Waals surface area contributed by atoms with Gasteiger partial charge in [0.25, 0.3) is 0 Å². The zero-order valence-corrected chi connectivity index (χ0v) is 4.66. The Balaban J connectivity index is 0. The fourth-order valence-corrected chi connectivity index (χ4v) is 0.395. The van der Waals surface area contributed by atoms with Crippen molar-refractivity contribution >= 4 is 36.1 Å². The molecule has 0 aromatic heterocycles. The van der Waals surface area contributed by atoms with Crippen molar-refractivity contribution in [2.75, 3.05) is 0 Å². The van der Waals surface area contributed by atoms with Gasteiger partial charge in [0, 0.05) is 0 Å². The third-order valence-corrected chi connectivity index (χ3v) is 0.632. The molecule has 0 amide bonds. The summed E-state index contributed by atoms with van der Waals surface area (Å²) < 4.78 is 54.0. The summed E-state index contributed by atoms with van der Waals surface area (Å²) in [6, 6.07) is 0. The van der Waals surface area contributed by atoms with E-state index in [-0.39, 0.29) is 25.8 Å². The van der Waals surface area contributed by atoms with E-state index in [2.05, 4.69) is 9.32 Å². The number of nitrogens with two attached hydrogens (primary N) is 1. The first-order valence-electron chi connectivity index (χ1n) is 1.51. The molecule has 0 heterocycles. The SMILES string of the molecule is NS(=O)(=O)OC(F)(F)F.[InH3].